The van der Waals surface area contributed by atoms with Crippen molar-refractivity contribution in [1.82, 2.24) is 19.9 Å². The summed E-state index contributed by atoms with van der Waals surface area (Å²) in [6.45, 7) is 0. The van der Waals surface area contributed by atoms with E-state index in [1.54, 1.807) is 24.5 Å². The average Bonchev–Trinajstić information content (AvgIpc) is 2.80. The van der Waals surface area contributed by atoms with Gasteiger partial charge in [0, 0.05) is 29.4 Å². The molecule has 0 unspecified atom stereocenters. The second-order valence-corrected chi connectivity index (χ2v) is 6.89. The molecule has 5 rings (SSSR count). The molecule has 31 heavy (non-hydrogen) atoms. The number of rotatable bonds is 4. The quantitative estimate of drug-likeness (QED) is 0.406. The second kappa shape index (κ2) is 7.87. The third-order valence-electron chi connectivity index (χ3n) is 4.76. The van der Waals surface area contributed by atoms with E-state index in [0.717, 1.165) is 28.3 Å². The van der Waals surface area contributed by atoms with Gasteiger partial charge in [-0.25, -0.2) is 18.7 Å². The molecule has 0 radical (unpaired) electrons. The molecule has 0 saturated heterocycles. The lowest BCUT2D eigenvalue weighted by Crippen LogP contribution is -2.00. The first-order valence-corrected chi connectivity index (χ1v) is 9.51. The minimum Gasteiger partial charge on any atom is -0.338 e. The number of pyridine rings is 2. The van der Waals surface area contributed by atoms with Crippen LogP contribution in [0.4, 0.5) is 20.3 Å². The van der Waals surface area contributed by atoms with Crippen molar-refractivity contribution in [3.05, 3.63) is 97.1 Å². The normalized spacial score (nSPS) is 10.9. The van der Waals surface area contributed by atoms with Crippen LogP contribution >= 0.6 is 0 Å². The fourth-order valence-corrected chi connectivity index (χ4v) is 3.29. The molecule has 0 aliphatic carbocycles. The van der Waals surface area contributed by atoms with E-state index >= 15 is 0 Å². The van der Waals surface area contributed by atoms with Crippen LogP contribution in [-0.4, -0.2) is 19.9 Å². The zero-order valence-electron chi connectivity index (χ0n) is 16.1. The number of fused-ring (bicyclic) bond motifs is 1. The molecule has 0 fully saturated rings. The topological polar surface area (TPSA) is 63.6 Å². The van der Waals surface area contributed by atoms with Gasteiger partial charge < -0.3 is 5.32 Å². The number of hydrogen-bond acceptors (Lipinski definition) is 5. The van der Waals surface area contributed by atoms with Gasteiger partial charge in [0.25, 0.3) is 0 Å². The lowest BCUT2D eigenvalue weighted by atomic mass is 10.0. The molecule has 3 heterocycles. The molecule has 2 aromatic carbocycles. The van der Waals surface area contributed by atoms with Crippen LogP contribution in [0.15, 0.2) is 85.5 Å². The molecule has 5 aromatic rings. The minimum absolute atomic E-state index is 0.296. The highest BCUT2D eigenvalue weighted by atomic mass is 19.1. The predicted molar refractivity (Wildman–Crippen MR) is 116 cm³/mol. The SMILES string of the molecule is Fc1ccc(-c2ccc3nc(-c4cccnc4)nc(Nc4cncc(F)c4)c3c2)cc1. The number of benzene rings is 2. The molecule has 3 aromatic heterocycles. The molecule has 0 spiro atoms. The Bertz CT molecular complexity index is 1370. The monoisotopic (exact) mass is 411 g/mol. The van der Waals surface area contributed by atoms with Crippen LogP contribution in [0.25, 0.3) is 33.4 Å². The van der Waals surface area contributed by atoms with Gasteiger partial charge in [0.15, 0.2) is 5.82 Å². The summed E-state index contributed by atoms with van der Waals surface area (Å²) in [5.41, 5.74) is 3.66. The summed E-state index contributed by atoms with van der Waals surface area (Å²) in [6, 6.07) is 17.0. The Hall–Kier alpha value is -4.26. The van der Waals surface area contributed by atoms with Gasteiger partial charge >= 0.3 is 0 Å². The van der Waals surface area contributed by atoms with E-state index in [2.05, 4.69) is 25.3 Å². The first kappa shape index (κ1) is 18.7. The molecule has 5 nitrogen and oxygen atoms in total. The summed E-state index contributed by atoms with van der Waals surface area (Å²) in [4.78, 5) is 17.4. The van der Waals surface area contributed by atoms with Gasteiger partial charge in [-0.3, -0.25) is 9.97 Å². The van der Waals surface area contributed by atoms with Crippen LogP contribution in [0.3, 0.4) is 0 Å². The molecular formula is C24H15F2N5. The highest BCUT2D eigenvalue weighted by molar-refractivity contribution is 5.95. The molecule has 0 amide bonds. The van der Waals surface area contributed by atoms with Crippen molar-refractivity contribution in [3.8, 4) is 22.5 Å². The van der Waals surface area contributed by atoms with E-state index in [4.69, 9.17) is 0 Å². The zero-order valence-corrected chi connectivity index (χ0v) is 16.1. The Morgan fingerprint density at radius 3 is 2.29 bits per heavy atom. The van der Waals surface area contributed by atoms with Crippen molar-refractivity contribution >= 4 is 22.4 Å². The number of nitrogens with zero attached hydrogens (tertiary/aromatic N) is 4. The first-order chi connectivity index (χ1) is 15.2. The summed E-state index contributed by atoms with van der Waals surface area (Å²) in [5.74, 6) is 0.236. The van der Waals surface area contributed by atoms with E-state index in [-0.39, 0.29) is 5.82 Å². The van der Waals surface area contributed by atoms with Gasteiger partial charge in [0.1, 0.15) is 17.5 Å². The minimum atomic E-state index is -0.456. The average molecular weight is 411 g/mol. The number of nitrogens with one attached hydrogen (secondary N) is 1. The summed E-state index contributed by atoms with van der Waals surface area (Å²) >= 11 is 0. The Kier molecular flexibility index (Phi) is 4.76. The Morgan fingerprint density at radius 1 is 0.677 bits per heavy atom. The van der Waals surface area contributed by atoms with Crippen molar-refractivity contribution in [2.24, 2.45) is 0 Å². The van der Waals surface area contributed by atoms with Crippen LogP contribution < -0.4 is 5.32 Å². The van der Waals surface area contributed by atoms with Gasteiger partial charge in [-0.2, -0.15) is 0 Å². The van der Waals surface area contributed by atoms with Crippen molar-refractivity contribution in [1.29, 1.82) is 0 Å². The highest BCUT2D eigenvalue weighted by Gasteiger charge is 2.12. The van der Waals surface area contributed by atoms with Crippen LogP contribution in [0, 0.1) is 11.6 Å². The number of hydrogen-bond donors (Lipinski definition) is 1. The Balaban J connectivity index is 1.68. The number of aromatic nitrogens is 4. The van der Waals surface area contributed by atoms with E-state index in [0.29, 0.717) is 22.8 Å². The van der Waals surface area contributed by atoms with Crippen LogP contribution in [0.1, 0.15) is 0 Å². The second-order valence-electron chi connectivity index (χ2n) is 6.89. The summed E-state index contributed by atoms with van der Waals surface area (Å²) in [5, 5.41) is 3.89. The number of halogens is 2. The van der Waals surface area contributed by atoms with Crippen LogP contribution in [0.2, 0.25) is 0 Å². The molecule has 1 N–H and O–H groups in total. The molecule has 7 heteroatoms. The van der Waals surface area contributed by atoms with E-state index in [9.17, 15) is 8.78 Å². The molecule has 0 aliphatic rings. The fourth-order valence-electron chi connectivity index (χ4n) is 3.29. The smallest absolute Gasteiger partial charge is 0.163 e. The standard InChI is InChI=1S/C24H15F2N5/c25-18-6-3-15(4-7-18)16-5-8-22-21(10-16)24(29-20-11-19(26)13-28-14-20)31-23(30-22)17-2-1-9-27-12-17/h1-14H,(H,29,30,31). The largest absolute Gasteiger partial charge is 0.338 e. The molecule has 0 atom stereocenters. The summed E-state index contributed by atoms with van der Waals surface area (Å²) in [6.07, 6.45) is 6.01. The van der Waals surface area contributed by atoms with Gasteiger partial charge in [-0.1, -0.05) is 18.2 Å². The highest BCUT2D eigenvalue weighted by Crippen LogP contribution is 2.31. The van der Waals surface area contributed by atoms with Gasteiger partial charge in [0.2, 0.25) is 0 Å². The molecule has 0 aliphatic heterocycles. The van der Waals surface area contributed by atoms with Crippen LogP contribution in [0.5, 0.6) is 0 Å². The number of anilines is 2. The maximum atomic E-state index is 13.7. The lowest BCUT2D eigenvalue weighted by Gasteiger charge is -2.12. The molecule has 150 valence electrons. The lowest BCUT2D eigenvalue weighted by molar-refractivity contribution is 0.622. The van der Waals surface area contributed by atoms with E-state index < -0.39 is 5.82 Å². The van der Waals surface area contributed by atoms with Crippen molar-refractivity contribution in [2.75, 3.05) is 5.32 Å². The maximum absolute atomic E-state index is 13.7. The van der Waals surface area contributed by atoms with Gasteiger partial charge in [0.05, 0.1) is 23.6 Å². The van der Waals surface area contributed by atoms with Crippen molar-refractivity contribution in [2.45, 2.75) is 0 Å². The van der Waals surface area contributed by atoms with E-state index in [1.807, 2.05) is 30.3 Å². The Labute approximate surface area is 176 Å². The summed E-state index contributed by atoms with van der Waals surface area (Å²) < 4.78 is 27.0. The maximum Gasteiger partial charge on any atom is 0.163 e. The van der Waals surface area contributed by atoms with Gasteiger partial charge in [-0.15, -0.1) is 0 Å². The molecular weight excluding hydrogens is 396 g/mol. The first-order valence-electron chi connectivity index (χ1n) is 9.51. The van der Waals surface area contributed by atoms with E-state index in [1.165, 1.54) is 24.4 Å². The summed E-state index contributed by atoms with van der Waals surface area (Å²) in [7, 11) is 0. The molecule has 0 bridgehead atoms. The van der Waals surface area contributed by atoms with Crippen molar-refractivity contribution in [3.63, 3.8) is 0 Å². The Morgan fingerprint density at radius 2 is 1.52 bits per heavy atom. The predicted octanol–water partition coefficient (Wildman–Crippen LogP) is 5.78. The zero-order chi connectivity index (χ0) is 21.2. The van der Waals surface area contributed by atoms with Gasteiger partial charge in [-0.05, 0) is 47.5 Å². The third kappa shape index (κ3) is 3.93. The fraction of sp³-hybridized carbons (Fsp3) is 0. The van der Waals surface area contributed by atoms with Crippen molar-refractivity contribution < 1.29 is 8.78 Å². The third-order valence-corrected chi connectivity index (χ3v) is 4.76. The molecule has 0 saturated carbocycles. The van der Waals surface area contributed by atoms with Crippen LogP contribution in [-0.2, 0) is 0 Å².